The van der Waals surface area contributed by atoms with Gasteiger partial charge in [0.25, 0.3) is 0 Å². The number of esters is 1. The zero-order valence-electron chi connectivity index (χ0n) is 9.55. The lowest BCUT2D eigenvalue weighted by Gasteiger charge is -2.06. The molecule has 1 aromatic carbocycles. The number of nitrogens with zero attached hydrogens (tertiary/aromatic N) is 1. The molecule has 0 aliphatic heterocycles. The van der Waals surface area contributed by atoms with Crippen molar-refractivity contribution in [1.29, 1.82) is 5.26 Å². The van der Waals surface area contributed by atoms with Gasteiger partial charge in [0.15, 0.2) is 0 Å². The van der Waals surface area contributed by atoms with Crippen molar-refractivity contribution in [1.82, 2.24) is 0 Å². The topological polar surface area (TPSA) is 87.4 Å². The van der Waals surface area contributed by atoms with E-state index >= 15 is 0 Å². The maximum absolute atomic E-state index is 11.5. The molecule has 0 saturated heterocycles. The summed E-state index contributed by atoms with van der Waals surface area (Å²) in [5, 5.41) is 17.0. The summed E-state index contributed by atoms with van der Waals surface area (Å²) in [4.78, 5) is 21.7. The summed E-state index contributed by atoms with van der Waals surface area (Å²) in [7, 11) is 0. The number of carbonyl (C=O) groups is 2. The maximum Gasteiger partial charge on any atom is 0.338 e. The molecule has 0 aliphatic rings. The average Bonchev–Trinajstić information content (AvgIpc) is 2.37. The molecule has 0 spiro atoms. The number of ether oxygens (including phenoxy) is 1. The molecule has 0 amide bonds. The number of hydrogen-bond acceptors (Lipinski definition) is 4. The summed E-state index contributed by atoms with van der Waals surface area (Å²) in [6.07, 6.45) is -0.244. The normalized spacial score (nSPS) is 9.28. The fourth-order valence-electron chi connectivity index (χ4n) is 1.18. The fourth-order valence-corrected chi connectivity index (χ4v) is 1.18. The lowest BCUT2D eigenvalue weighted by molar-refractivity contribution is -0.142. The van der Waals surface area contributed by atoms with Gasteiger partial charge >= 0.3 is 11.9 Å². The third-order valence-corrected chi connectivity index (χ3v) is 2.16. The minimum absolute atomic E-state index is 0.130. The minimum atomic E-state index is -1.04. The Bertz CT molecular complexity index is 511. The number of nitriles is 1. The molecule has 1 N–H and O–H groups in total. The van der Waals surface area contributed by atoms with E-state index in [-0.39, 0.29) is 18.6 Å². The van der Waals surface area contributed by atoms with E-state index < -0.39 is 11.9 Å². The van der Waals surface area contributed by atoms with Crippen LogP contribution in [0, 0.1) is 11.3 Å². The van der Waals surface area contributed by atoms with Crippen molar-refractivity contribution in [3.63, 3.8) is 0 Å². The Kier molecular flexibility index (Phi) is 4.64. The minimum Gasteiger partial charge on any atom is -0.481 e. The second kappa shape index (κ2) is 6.21. The van der Waals surface area contributed by atoms with Gasteiger partial charge in [-0.2, -0.15) is 5.26 Å². The summed E-state index contributed by atoms with van der Waals surface area (Å²) in [5.74, 6) is -1.70. The number of carboxylic acid groups (broad SMARTS) is 1. The van der Waals surface area contributed by atoms with E-state index in [1.807, 2.05) is 6.07 Å². The van der Waals surface area contributed by atoms with Crippen LogP contribution in [0.25, 0.3) is 5.57 Å². The first kappa shape index (κ1) is 13.5. The molecule has 1 aromatic rings. The van der Waals surface area contributed by atoms with E-state index in [9.17, 15) is 9.59 Å². The Morgan fingerprint density at radius 1 is 1.33 bits per heavy atom. The molecule has 1 rings (SSSR count). The van der Waals surface area contributed by atoms with Crippen molar-refractivity contribution in [2.24, 2.45) is 0 Å². The van der Waals surface area contributed by atoms with Gasteiger partial charge in [-0.15, -0.1) is 0 Å². The highest BCUT2D eigenvalue weighted by molar-refractivity contribution is 6.15. The molecule has 0 saturated carbocycles. The lowest BCUT2D eigenvalue weighted by Crippen LogP contribution is -2.10. The lowest BCUT2D eigenvalue weighted by atomic mass is 10.1. The maximum atomic E-state index is 11.5. The summed E-state index contributed by atoms with van der Waals surface area (Å²) < 4.78 is 4.74. The fraction of sp³-hybridized carbons (Fsp3) is 0.154. The summed E-state index contributed by atoms with van der Waals surface area (Å²) in [6, 6.07) is 8.24. The van der Waals surface area contributed by atoms with E-state index in [0.29, 0.717) is 11.1 Å². The van der Waals surface area contributed by atoms with Gasteiger partial charge in [0.05, 0.1) is 23.6 Å². The van der Waals surface area contributed by atoms with Crippen LogP contribution in [-0.4, -0.2) is 23.7 Å². The molecule has 0 radical (unpaired) electrons. The first-order chi connectivity index (χ1) is 8.54. The first-order valence-electron chi connectivity index (χ1n) is 5.13. The van der Waals surface area contributed by atoms with Gasteiger partial charge in [0, 0.05) is 0 Å². The SMILES string of the molecule is C=C(C(=O)OCCC(=O)O)c1ccc(C#N)cc1. The van der Waals surface area contributed by atoms with Crippen molar-refractivity contribution < 1.29 is 19.4 Å². The van der Waals surface area contributed by atoms with Crippen molar-refractivity contribution >= 4 is 17.5 Å². The van der Waals surface area contributed by atoms with Gasteiger partial charge in [0.2, 0.25) is 0 Å². The van der Waals surface area contributed by atoms with Crippen LogP contribution in [0.15, 0.2) is 30.8 Å². The van der Waals surface area contributed by atoms with Crippen LogP contribution in [0.1, 0.15) is 17.5 Å². The van der Waals surface area contributed by atoms with E-state index in [1.165, 1.54) is 0 Å². The van der Waals surface area contributed by atoms with Crippen LogP contribution < -0.4 is 0 Å². The third-order valence-electron chi connectivity index (χ3n) is 2.16. The van der Waals surface area contributed by atoms with Crippen LogP contribution >= 0.6 is 0 Å². The quantitative estimate of drug-likeness (QED) is 0.628. The van der Waals surface area contributed by atoms with Gasteiger partial charge in [-0.05, 0) is 17.7 Å². The number of rotatable bonds is 5. The Labute approximate surface area is 104 Å². The van der Waals surface area contributed by atoms with Crippen molar-refractivity contribution in [2.45, 2.75) is 6.42 Å². The highest BCUT2D eigenvalue weighted by atomic mass is 16.5. The van der Waals surface area contributed by atoms with E-state index in [0.717, 1.165) is 0 Å². The number of aliphatic carboxylic acids is 1. The molecule has 0 atom stereocenters. The van der Waals surface area contributed by atoms with Gasteiger partial charge in [-0.25, -0.2) is 4.79 Å². The molecular weight excluding hydrogens is 234 g/mol. The molecule has 5 heteroatoms. The summed E-state index contributed by atoms with van der Waals surface area (Å²) in [6.45, 7) is 3.38. The standard InChI is InChI=1S/C13H11NO4/c1-9(13(17)18-7-6-12(15)16)11-4-2-10(8-14)3-5-11/h2-5H,1,6-7H2,(H,15,16). The van der Waals surface area contributed by atoms with Crippen LogP contribution in [0.4, 0.5) is 0 Å². The van der Waals surface area contributed by atoms with Gasteiger partial charge in [-0.3, -0.25) is 4.79 Å². The average molecular weight is 245 g/mol. The zero-order valence-corrected chi connectivity index (χ0v) is 9.55. The Hall–Kier alpha value is -2.61. The molecule has 0 bridgehead atoms. The largest absolute Gasteiger partial charge is 0.481 e. The van der Waals surface area contributed by atoms with E-state index in [4.69, 9.17) is 15.1 Å². The summed E-state index contributed by atoms with van der Waals surface area (Å²) in [5.41, 5.74) is 1.14. The zero-order chi connectivity index (χ0) is 13.5. The van der Waals surface area contributed by atoms with Gasteiger partial charge in [-0.1, -0.05) is 18.7 Å². The molecule has 0 heterocycles. The predicted octanol–water partition coefficient (Wildman–Crippen LogP) is 1.59. The number of benzene rings is 1. The number of carbonyl (C=O) groups excluding carboxylic acids is 1. The van der Waals surface area contributed by atoms with Gasteiger partial charge in [0.1, 0.15) is 6.61 Å². The van der Waals surface area contributed by atoms with Crippen LogP contribution in [0.5, 0.6) is 0 Å². The highest BCUT2D eigenvalue weighted by Crippen LogP contribution is 2.14. The highest BCUT2D eigenvalue weighted by Gasteiger charge is 2.11. The van der Waals surface area contributed by atoms with Crippen molar-refractivity contribution in [3.05, 3.63) is 42.0 Å². The molecule has 0 unspecified atom stereocenters. The van der Waals surface area contributed by atoms with Crippen LogP contribution in [0.3, 0.4) is 0 Å². The van der Waals surface area contributed by atoms with Gasteiger partial charge < -0.3 is 9.84 Å². The molecule has 0 aromatic heterocycles. The monoisotopic (exact) mass is 245 g/mol. The van der Waals surface area contributed by atoms with Crippen molar-refractivity contribution in [3.8, 4) is 6.07 Å². The number of hydrogen-bond donors (Lipinski definition) is 1. The summed E-state index contributed by atoms with van der Waals surface area (Å²) >= 11 is 0. The van der Waals surface area contributed by atoms with Crippen LogP contribution in [0.2, 0.25) is 0 Å². The third kappa shape index (κ3) is 3.76. The van der Waals surface area contributed by atoms with Crippen LogP contribution in [-0.2, 0) is 14.3 Å². The van der Waals surface area contributed by atoms with E-state index in [2.05, 4.69) is 6.58 Å². The number of carboxylic acids is 1. The molecule has 92 valence electrons. The van der Waals surface area contributed by atoms with Crippen molar-refractivity contribution in [2.75, 3.05) is 6.61 Å². The smallest absolute Gasteiger partial charge is 0.338 e. The molecule has 0 fully saturated rings. The molecule has 18 heavy (non-hydrogen) atoms. The molecular formula is C13H11NO4. The molecule has 5 nitrogen and oxygen atoms in total. The predicted molar refractivity (Wildman–Crippen MR) is 63.4 cm³/mol. The Balaban J connectivity index is 2.60. The Morgan fingerprint density at radius 2 is 1.94 bits per heavy atom. The molecule has 0 aliphatic carbocycles. The Morgan fingerprint density at radius 3 is 2.44 bits per heavy atom. The second-order valence-electron chi connectivity index (χ2n) is 3.45. The van der Waals surface area contributed by atoms with E-state index in [1.54, 1.807) is 24.3 Å². The second-order valence-corrected chi connectivity index (χ2v) is 3.45. The first-order valence-corrected chi connectivity index (χ1v) is 5.13.